The lowest BCUT2D eigenvalue weighted by Crippen LogP contribution is -2.50. The van der Waals surface area contributed by atoms with E-state index >= 15 is 0 Å². The molecule has 0 aromatic heterocycles. The van der Waals surface area contributed by atoms with Crippen LogP contribution in [0, 0.1) is 10.8 Å². The van der Waals surface area contributed by atoms with Gasteiger partial charge in [-0.25, -0.2) is 0 Å². The molecule has 1 N–H and O–H groups in total. The molecule has 2 fully saturated rings. The van der Waals surface area contributed by atoms with Gasteiger partial charge in [-0.05, 0) is 36.6 Å². The molecule has 1 unspecified atom stereocenters. The lowest BCUT2D eigenvalue weighted by atomic mass is 9.63. The third kappa shape index (κ3) is 4.71. The van der Waals surface area contributed by atoms with Crippen LogP contribution in [-0.4, -0.2) is 49.8 Å². The molecule has 1 heterocycles. The molecule has 0 radical (unpaired) electrons. The van der Waals surface area contributed by atoms with Crippen LogP contribution in [0.4, 0.5) is 0 Å². The molecular formula is C17H34N2O. The maximum absolute atomic E-state index is 5.90. The van der Waals surface area contributed by atoms with Crippen molar-refractivity contribution in [3.05, 3.63) is 0 Å². The molecule has 1 saturated carbocycles. The van der Waals surface area contributed by atoms with Gasteiger partial charge in [-0.3, -0.25) is 4.90 Å². The maximum atomic E-state index is 5.90. The van der Waals surface area contributed by atoms with Crippen molar-refractivity contribution < 1.29 is 4.74 Å². The predicted octanol–water partition coefficient (Wildman–Crippen LogP) is 2.90. The van der Waals surface area contributed by atoms with Crippen LogP contribution in [0.15, 0.2) is 0 Å². The van der Waals surface area contributed by atoms with Gasteiger partial charge in [0.25, 0.3) is 0 Å². The van der Waals surface area contributed by atoms with Crippen LogP contribution in [0.5, 0.6) is 0 Å². The van der Waals surface area contributed by atoms with Crippen molar-refractivity contribution in [3.8, 4) is 0 Å². The molecule has 1 aliphatic heterocycles. The minimum Gasteiger partial charge on any atom is -0.374 e. The fraction of sp³-hybridized carbons (Fsp3) is 1.00. The Morgan fingerprint density at radius 1 is 1.15 bits per heavy atom. The van der Waals surface area contributed by atoms with Crippen LogP contribution in [0.3, 0.4) is 0 Å². The highest BCUT2D eigenvalue weighted by molar-refractivity contribution is 4.92. The van der Waals surface area contributed by atoms with E-state index in [1.54, 1.807) is 0 Å². The number of nitrogens with one attached hydrogen (secondary N) is 1. The molecule has 1 atom stereocenters. The van der Waals surface area contributed by atoms with Gasteiger partial charge >= 0.3 is 0 Å². The number of likely N-dealkylation sites (N-methyl/N-ethyl adjacent to an activating group) is 1. The Kier molecular flexibility index (Phi) is 5.14. The van der Waals surface area contributed by atoms with Gasteiger partial charge in [0.2, 0.25) is 0 Å². The second-order valence-electron chi connectivity index (χ2n) is 8.40. The molecule has 3 nitrogen and oxygen atoms in total. The quantitative estimate of drug-likeness (QED) is 0.858. The second-order valence-corrected chi connectivity index (χ2v) is 8.40. The molecule has 0 amide bonds. The maximum Gasteiger partial charge on any atom is 0.0826 e. The Morgan fingerprint density at radius 2 is 1.80 bits per heavy atom. The zero-order chi connectivity index (χ0) is 14.8. The normalized spacial score (nSPS) is 31.4. The Morgan fingerprint density at radius 3 is 2.40 bits per heavy atom. The van der Waals surface area contributed by atoms with E-state index in [-0.39, 0.29) is 0 Å². The van der Waals surface area contributed by atoms with E-state index in [0.29, 0.717) is 23.0 Å². The third-order valence-corrected chi connectivity index (χ3v) is 4.86. The first-order valence-electron chi connectivity index (χ1n) is 8.37. The summed E-state index contributed by atoms with van der Waals surface area (Å²) in [6.45, 7) is 17.1. The summed E-state index contributed by atoms with van der Waals surface area (Å²) in [4.78, 5) is 2.49. The lowest BCUT2D eigenvalue weighted by molar-refractivity contribution is -0.0293. The number of rotatable bonds is 4. The number of morpholine rings is 1. The summed E-state index contributed by atoms with van der Waals surface area (Å²) < 4.78 is 5.90. The van der Waals surface area contributed by atoms with Crippen LogP contribution in [0.2, 0.25) is 0 Å². The number of hydrogen-bond donors (Lipinski definition) is 1. The molecule has 20 heavy (non-hydrogen) atoms. The summed E-state index contributed by atoms with van der Waals surface area (Å²) in [5, 5.41) is 3.80. The average Bonchev–Trinajstić information content (AvgIpc) is 2.33. The molecule has 118 valence electrons. The summed E-state index contributed by atoms with van der Waals surface area (Å²) in [6.07, 6.45) is 4.29. The summed E-state index contributed by atoms with van der Waals surface area (Å²) in [5.74, 6) is 0. The summed E-state index contributed by atoms with van der Waals surface area (Å²) in [7, 11) is 0. The van der Waals surface area contributed by atoms with Gasteiger partial charge < -0.3 is 10.1 Å². The number of hydrogen-bond acceptors (Lipinski definition) is 3. The van der Waals surface area contributed by atoms with Gasteiger partial charge in [0, 0.05) is 25.7 Å². The molecule has 0 aromatic rings. The van der Waals surface area contributed by atoms with Crippen LogP contribution in [-0.2, 0) is 4.74 Å². The fourth-order valence-corrected chi connectivity index (χ4v) is 4.48. The van der Waals surface area contributed by atoms with Crippen molar-refractivity contribution in [1.29, 1.82) is 0 Å². The van der Waals surface area contributed by atoms with Crippen molar-refractivity contribution in [1.82, 2.24) is 10.2 Å². The van der Waals surface area contributed by atoms with Crippen LogP contribution < -0.4 is 5.32 Å². The zero-order valence-electron chi connectivity index (χ0n) is 14.2. The number of ether oxygens (including phenoxy) is 1. The van der Waals surface area contributed by atoms with Gasteiger partial charge in [-0.2, -0.15) is 0 Å². The summed E-state index contributed by atoms with van der Waals surface area (Å²) >= 11 is 0. The highest BCUT2D eigenvalue weighted by Gasteiger charge is 2.38. The first-order chi connectivity index (χ1) is 9.30. The first-order valence-corrected chi connectivity index (χ1v) is 8.37. The number of nitrogens with zero attached hydrogens (tertiary/aromatic N) is 1. The Hall–Kier alpha value is -0.120. The predicted molar refractivity (Wildman–Crippen MR) is 85.1 cm³/mol. The van der Waals surface area contributed by atoms with E-state index < -0.39 is 0 Å². The standard InChI is InChI=1S/C17H34N2O/c1-6-19-7-8-20-15(12-19)11-18-14-9-16(2,3)13-17(4,5)10-14/h14-15,18H,6-13H2,1-5H3. The van der Waals surface area contributed by atoms with E-state index in [2.05, 4.69) is 44.8 Å². The van der Waals surface area contributed by atoms with E-state index in [1.807, 2.05) is 0 Å². The minimum absolute atomic E-state index is 0.372. The SMILES string of the molecule is CCN1CCOC(CNC2CC(C)(C)CC(C)(C)C2)C1. The fourth-order valence-electron chi connectivity index (χ4n) is 4.48. The van der Waals surface area contributed by atoms with Crippen LogP contribution in [0.25, 0.3) is 0 Å². The molecule has 2 aliphatic rings. The van der Waals surface area contributed by atoms with E-state index in [9.17, 15) is 0 Å². The molecule has 3 heteroatoms. The van der Waals surface area contributed by atoms with Gasteiger partial charge in [0.1, 0.15) is 0 Å². The topological polar surface area (TPSA) is 24.5 Å². The minimum atomic E-state index is 0.372. The highest BCUT2D eigenvalue weighted by atomic mass is 16.5. The highest BCUT2D eigenvalue weighted by Crippen LogP contribution is 2.45. The van der Waals surface area contributed by atoms with E-state index in [1.165, 1.54) is 19.3 Å². The molecule has 1 saturated heterocycles. The van der Waals surface area contributed by atoms with Crippen molar-refractivity contribution in [3.63, 3.8) is 0 Å². The smallest absolute Gasteiger partial charge is 0.0826 e. The molecule has 0 aromatic carbocycles. The zero-order valence-corrected chi connectivity index (χ0v) is 14.2. The van der Waals surface area contributed by atoms with Gasteiger partial charge in [0.15, 0.2) is 0 Å². The average molecular weight is 282 g/mol. The van der Waals surface area contributed by atoms with Crippen LogP contribution in [0.1, 0.15) is 53.9 Å². The van der Waals surface area contributed by atoms with Gasteiger partial charge in [-0.15, -0.1) is 0 Å². The van der Waals surface area contributed by atoms with E-state index in [0.717, 1.165) is 32.8 Å². The molecule has 0 spiro atoms. The Labute approximate surface area is 125 Å². The Bertz CT molecular complexity index is 298. The molecule has 0 bridgehead atoms. The van der Waals surface area contributed by atoms with Gasteiger partial charge in [-0.1, -0.05) is 34.6 Å². The van der Waals surface area contributed by atoms with Gasteiger partial charge in [0.05, 0.1) is 12.7 Å². The molecular weight excluding hydrogens is 248 g/mol. The summed E-state index contributed by atoms with van der Waals surface area (Å²) in [5.41, 5.74) is 0.921. The lowest BCUT2D eigenvalue weighted by Gasteiger charge is -2.45. The van der Waals surface area contributed by atoms with Crippen molar-refractivity contribution >= 4 is 0 Å². The molecule has 2 rings (SSSR count). The monoisotopic (exact) mass is 282 g/mol. The van der Waals surface area contributed by atoms with Crippen molar-refractivity contribution in [2.24, 2.45) is 10.8 Å². The molecule has 1 aliphatic carbocycles. The van der Waals surface area contributed by atoms with Crippen molar-refractivity contribution in [2.45, 2.75) is 66.0 Å². The Balaban J connectivity index is 1.81. The summed E-state index contributed by atoms with van der Waals surface area (Å²) in [6, 6.07) is 0.648. The van der Waals surface area contributed by atoms with Crippen molar-refractivity contribution in [2.75, 3.05) is 32.8 Å². The second kappa shape index (κ2) is 6.33. The van der Waals surface area contributed by atoms with Crippen LogP contribution >= 0.6 is 0 Å². The first kappa shape index (κ1) is 16.3. The largest absolute Gasteiger partial charge is 0.374 e. The van der Waals surface area contributed by atoms with E-state index in [4.69, 9.17) is 4.74 Å². The third-order valence-electron chi connectivity index (χ3n) is 4.86.